The lowest BCUT2D eigenvalue weighted by atomic mass is 9.77. The highest BCUT2D eigenvalue weighted by Crippen LogP contribution is 2.37. The Morgan fingerprint density at radius 1 is 1.00 bits per heavy atom. The van der Waals surface area contributed by atoms with Crippen LogP contribution in [0.25, 0.3) is 11.1 Å². The smallest absolute Gasteiger partial charge is 0.116 e. The van der Waals surface area contributed by atoms with Gasteiger partial charge in [0.2, 0.25) is 0 Å². The number of aromatic amines is 1. The average Bonchev–Trinajstić information content (AvgIpc) is 3.08. The fourth-order valence-corrected chi connectivity index (χ4v) is 3.23. The third kappa shape index (κ3) is 3.93. The van der Waals surface area contributed by atoms with Crippen LogP contribution in [0.1, 0.15) is 31.4 Å². The van der Waals surface area contributed by atoms with Gasteiger partial charge in [0.25, 0.3) is 0 Å². The number of aliphatic hydroxyl groups is 1. The average molecular weight is 356 g/mol. The first-order chi connectivity index (χ1) is 11.8. The molecule has 25 heavy (non-hydrogen) atoms. The normalized spacial score (nSPS) is 14.3. The Hall–Kier alpha value is -2.14. The highest BCUT2D eigenvalue weighted by Gasteiger charge is 2.36. The van der Waals surface area contributed by atoms with E-state index >= 15 is 0 Å². The third-order valence-electron chi connectivity index (χ3n) is 4.23. The molecule has 1 unspecified atom stereocenters. The number of nitrogens with two attached hydrogens (primary N) is 1. The molecule has 4 N–H and O–H groups in total. The minimum Gasteiger partial charge on any atom is -0.380 e. The second-order valence-corrected chi connectivity index (χ2v) is 7.53. The summed E-state index contributed by atoms with van der Waals surface area (Å²) in [7, 11) is 0. The van der Waals surface area contributed by atoms with Gasteiger partial charge in [0.05, 0.1) is 6.20 Å². The lowest BCUT2D eigenvalue weighted by molar-refractivity contribution is 0.0512. The number of aromatic nitrogens is 2. The van der Waals surface area contributed by atoms with Crippen LogP contribution in [0.3, 0.4) is 0 Å². The van der Waals surface area contributed by atoms with E-state index in [1.807, 2.05) is 56.4 Å². The molecule has 0 spiro atoms. The molecule has 1 aromatic heterocycles. The molecule has 5 heteroatoms. The molecule has 0 saturated carbocycles. The third-order valence-corrected chi connectivity index (χ3v) is 4.48. The number of rotatable bonds is 5. The molecule has 0 bridgehead atoms. The largest absolute Gasteiger partial charge is 0.380 e. The van der Waals surface area contributed by atoms with E-state index in [-0.39, 0.29) is 0 Å². The number of hydrogen-bond donors (Lipinski definition) is 3. The Kier molecular flexibility index (Phi) is 4.69. The molecular weight excluding hydrogens is 334 g/mol. The number of halogens is 1. The number of benzene rings is 2. The van der Waals surface area contributed by atoms with Gasteiger partial charge in [0.1, 0.15) is 5.60 Å². The molecule has 1 atom stereocenters. The number of nitrogens with one attached hydrogen (secondary N) is 1. The quantitative estimate of drug-likeness (QED) is 0.645. The van der Waals surface area contributed by atoms with Gasteiger partial charge >= 0.3 is 0 Å². The van der Waals surface area contributed by atoms with Crippen molar-refractivity contribution in [2.45, 2.75) is 31.4 Å². The molecule has 4 nitrogen and oxygen atoms in total. The molecule has 0 amide bonds. The van der Waals surface area contributed by atoms with E-state index in [1.54, 1.807) is 18.3 Å². The summed E-state index contributed by atoms with van der Waals surface area (Å²) in [5.41, 5.74) is 8.09. The summed E-state index contributed by atoms with van der Waals surface area (Å²) < 4.78 is 0. The van der Waals surface area contributed by atoms with Crippen molar-refractivity contribution in [1.29, 1.82) is 0 Å². The fraction of sp³-hybridized carbons (Fsp3) is 0.250. The summed E-state index contributed by atoms with van der Waals surface area (Å²) in [6.45, 7) is 3.82. The summed E-state index contributed by atoms with van der Waals surface area (Å²) in [5.74, 6) is 0. The van der Waals surface area contributed by atoms with Crippen molar-refractivity contribution in [3.05, 3.63) is 77.1 Å². The zero-order chi connectivity index (χ0) is 18.1. The topological polar surface area (TPSA) is 74.9 Å². The van der Waals surface area contributed by atoms with Gasteiger partial charge in [0, 0.05) is 28.7 Å². The second kappa shape index (κ2) is 6.64. The summed E-state index contributed by atoms with van der Waals surface area (Å²) in [5, 5.41) is 19.0. The highest BCUT2D eigenvalue weighted by molar-refractivity contribution is 6.30. The maximum atomic E-state index is 11.6. The molecule has 0 radical (unpaired) electrons. The van der Waals surface area contributed by atoms with E-state index in [0.29, 0.717) is 11.4 Å². The summed E-state index contributed by atoms with van der Waals surface area (Å²) in [6.07, 6.45) is 3.99. The molecule has 130 valence electrons. The molecule has 0 aliphatic carbocycles. The van der Waals surface area contributed by atoms with Gasteiger partial charge < -0.3 is 10.8 Å². The van der Waals surface area contributed by atoms with Crippen LogP contribution in [0.4, 0.5) is 0 Å². The van der Waals surface area contributed by atoms with Crippen LogP contribution in [0.15, 0.2) is 60.9 Å². The number of nitrogens with zero attached hydrogens (tertiary/aromatic N) is 1. The Morgan fingerprint density at radius 3 is 2.04 bits per heavy atom. The van der Waals surface area contributed by atoms with Crippen LogP contribution in [0, 0.1) is 0 Å². The first-order valence-electron chi connectivity index (χ1n) is 8.15. The van der Waals surface area contributed by atoms with Crippen LogP contribution in [-0.4, -0.2) is 20.8 Å². The molecule has 2 aromatic carbocycles. The van der Waals surface area contributed by atoms with Crippen molar-refractivity contribution in [2.75, 3.05) is 0 Å². The van der Waals surface area contributed by atoms with Crippen LogP contribution in [0.2, 0.25) is 5.02 Å². The van der Waals surface area contributed by atoms with Gasteiger partial charge in [-0.1, -0.05) is 48.0 Å². The maximum absolute atomic E-state index is 11.6. The van der Waals surface area contributed by atoms with Crippen molar-refractivity contribution >= 4 is 11.6 Å². The summed E-state index contributed by atoms with van der Waals surface area (Å²) >= 11 is 6.00. The summed E-state index contributed by atoms with van der Waals surface area (Å²) in [6, 6.07) is 15.1. The maximum Gasteiger partial charge on any atom is 0.116 e. The Bertz CT molecular complexity index is 821. The van der Waals surface area contributed by atoms with E-state index in [9.17, 15) is 5.11 Å². The van der Waals surface area contributed by atoms with E-state index in [1.165, 1.54) is 0 Å². The van der Waals surface area contributed by atoms with Crippen molar-refractivity contribution in [3.8, 4) is 11.1 Å². The zero-order valence-electron chi connectivity index (χ0n) is 14.3. The Balaban J connectivity index is 2.03. The minimum absolute atomic E-state index is 0.382. The highest BCUT2D eigenvalue weighted by atomic mass is 35.5. The Morgan fingerprint density at radius 2 is 1.56 bits per heavy atom. The molecule has 3 aromatic rings. The van der Waals surface area contributed by atoms with Crippen molar-refractivity contribution in [3.63, 3.8) is 0 Å². The zero-order valence-corrected chi connectivity index (χ0v) is 15.1. The Labute approximate surface area is 152 Å². The predicted molar refractivity (Wildman–Crippen MR) is 101 cm³/mol. The van der Waals surface area contributed by atoms with Crippen molar-refractivity contribution in [1.82, 2.24) is 10.2 Å². The second-order valence-electron chi connectivity index (χ2n) is 7.10. The van der Waals surface area contributed by atoms with Gasteiger partial charge in [-0.3, -0.25) is 5.10 Å². The monoisotopic (exact) mass is 355 g/mol. The van der Waals surface area contributed by atoms with Gasteiger partial charge in [0.15, 0.2) is 0 Å². The standard InChI is InChI=1S/C20H22ClN3O/c1-19(2,22)13-20(25,17-7-9-18(21)10-8-17)16-5-3-14(4-6-16)15-11-23-24-12-15/h3-12,25H,13,22H2,1-2H3,(H,23,24). The van der Waals surface area contributed by atoms with Gasteiger partial charge in [-0.25, -0.2) is 0 Å². The van der Waals surface area contributed by atoms with Gasteiger partial charge in [-0.2, -0.15) is 5.10 Å². The van der Waals surface area contributed by atoms with Crippen LogP contribution < -0.4 is 5.73 Å². The molecular formula is C20H22ClN3O. The van der Waals surface area contributed by atoms with Crippen LogP contribution in [-0.2, 0) is 5.60 Å². The lowest BCUT2D eigenvalue weighted by Crippen LogP contribution is -2.42. The van der Waals surface area contributed by atoms with Gasteiger partial charge in [-0.15, -0.1) is 0 Å². The number of hydrogen-bond acceptors (Lipinski definition) is 3. The van der Waals surface area contributed by atoms with E-state index in [0.717, 1.165) is 22.3 Å². The SMILES string of the molecule is CC(C)(N)CC(O)(c1ccc(Cl)cc1)c1ccc(-c2cn[nH]c2)cc1. The van der Waals surface area contributed by atoms with E-state index in [4.69, 9.17) is 17.3 Å². The van der Waals surface area contributed by atoms with Gasteiger partial charge in [-0.05, 0) is 42.7 Å². The molecule has 0 fully saturated rings. The summed E-state index contributed by atoms with van der Waals surface area (Å²) in [4.78, 5) is 0. The molecule has 1 heterocycles. The van der Waals surface area contributed by atoms with Crippen molar-refractivity contribution < 1.29 is 5.11 Å². The predicted octanol–water partition coefficient (Wildman–Crippen LogP) is 4.09. The lowest BCUT2D eigenvalue weighted by Gasteiger charge is -2.35. The number of H-pyrrole nitrogens is 1. The van der Waals surface area contributed by atoms with Crippen molar-refractivity contribution in [2.24, 2.45) is 5.73 Å². The first kappa shape index (κ1) is 17.7. The van der Waals surface area contributed by atoms with E-state index in [2.05, 4.69) is 10.2 Å². The molecule has 0 aliphatic heterocycles. The van der Waals surface area contributed by atoms with Crippen LogP contribution in [0.5, 0.6) is 0 Å². The first-order valence-corrected chi connectivity index (χ1v) is 8.53. The fourth-order valence-electron chi connectivity index (χ4n) is 3.10. The molecule has 3 rings (SSSR count). The van der Waals surface area contributed by atoms with E-state index < -0.39 is 11.1 Å². The minimum atomic E-state index is -1.20. The molecule has 0 saturated heterocycles. The molecule has 0 aliphatic rings. The van der Waals surface area contributed by atoms with Crippen LogP contribution >= 0.6 is 11.6 Å².